The summed E-state index contributed by atoms with van der Waals surface area (Å²) >= 11 is 0. The van der Waals surface area contributed by atoms with E-state index >= 15 is 0 Å². The third kappa shape index (κ3) is 4.29. The summed E-state index contributed by atoms with van der Waals surface area (Å²) in [7, 11) is 0. The summed E-state index contributed by atoms with van der Waals surface area (Å²) in [6.07, 6.45) is 0. The van der Waals surface area contributed by atoms with Crippen LogP contribution in [0.1, 0.15) is 64.5 Å². The van der Waals surface area contributed by atoms with E-state index < -0.39 is 0 Å². The molecule has 1 heterocycles. The predicted molar refractivity (Wildman–Crippen MR) is 99.9 cm³/mol. The second kappa shape index (κ2) is 8.01. The van der Waals surface area contributed by atoms with E-state index in [0.717, 1.165) is 17.0 Å². The van der Waals surface area contributed by atoms with E-state index in [1.807, 2.05) is 45.0 Å². The highest BCUT2D eigenvalue weighted by Crippen LogP contribution is 2.20. The molecular formula is C20H27N3O2. The van der Waals surface area contributed by atoms with Gasteiger partial charge < -0.3 is 15.2 Å². The molecule has 0 aliphatic rings. The van der Waals surface area contributed by atoms with Gasteiger partial charge in [0.1, 0.15) is 0 Å². The van der Waals surface area contributed by atoms with E-state index in [-0.39, 0.29) is 11.8 Å². The highest BCUT2D eigenvalue weighted by Gasteiger charge is 2.17. The van der Waals surface area contributed by atoms with Gasteiger partial charge in [0.25, 0.3) is 11.8 Å². The summed E-state index contributed by atoms with van der Waals surface area (Å²) in [5.41, 5.74) is 4.25. The van der Waals surface area contributed by atoms with Gasteiger partial charge >= 0.3 is 0 Å². The van der Waals surface area contributed by atoms with Crippen molar-refractivity contribution in [2.24, 2.45) is 0 Å². The SMILES string of the molecule is CCNC(=O)c1cccc(CNC(=O)c2cc(C)n(C(C)C)c2C)c1. The van der Waals surface area contributed by atoms with Crippen molar-refractivity contribution < 1.29 is 9.59 Å². The van der Waals surface area contributed by atoms with Gasteiger partial charge in [-0.1, -0.05) is 12.1 Å². The third-order valence-corrected chi connectivity index (χ3v) is 4.22. The van der Waals surface area contributed by atoms with E-state index in [1.54, 1.807) is 6.07 Å². The van der Waals surface area contributed by atoms with E-state index in [0.29, 0.717) is 30.3 Å². The summed E-state index contributed by atoms with van der Waals surface area (Å²) in [5.74, 6) is -0.195. The molecule has 1 aromatic heterocycles. The number of aromatic nitrogens is 1. The molecule has 2 aromatic rings. The van der Waals surface area contributed by atoms with Gasteiger partial charge in [-0.15, -0.1) is 0 Å². The van der Waals surface area contributed by atoms with Gasteiger partial charge in [-0.3, -0.25) is 9.59 Å². The van der Waals surface area contributed by atoms with Crippen LogP contribution >= 0.6 is 0 Å². The third-order valence-electron chi connectivity index (χ3n) is 4.22. The van der Waals surface area contributed by atoms with Crippen LogP contribution in [0.2, 0.25) is 0 Å². The van der Waals surface area contributed by atoms with Crippen molar-refractivity contribution in [3.8, 4) is 0 Å². The molecule has 0 bridgehead atoms. The monoisotopic (exact) mass is 341 g/mol. The van der Waals surface area contributed by atoms with Crippen LogP contribution in [0, 0.1) is 13.8 Å². The molecule has 5 heteroatoms. The Kier molecular flexibility index (Phi) is 6.02. The van der Waals surface area contributed by atoms with Gasteiger partial charge in [0.05, 0.1) is 5.56 Å². The zero-order valence-corrected chi connectivity index (χ0v) is 15.6. The molecule has 0 saturated heterocycles. The first kappa shape index (κ1) is 18.8. The Labute approximate surface area is 149 Å². The van der Waals surface area contributed by atoms with Gasteiger partial charge in [0, 0.05) is 36.1 Å². The molecule has 0 unspecified atom stereocenters. The van der Waals surface area contributed by atoms with Gasteiger partial charge in [0.15, 0.2) is 0 Å². The molecule has 0 spiro atoms. The van der Waals surface area contributed by atoms with Crippen molar-refractivity contribution in [1.29, 1.82) is 0 Å². The van der Waals surface area contributed by atoms with Crippen LogP contribution in [0.5, 0.6) is 0 Å². The molecule has 2 amide bonds. The Morgan fingerprint density at radius 1 is 1.08 bits per heavy atom. The maximum atomic E-state index is 12.5. The van der Waals surface area contributed by atoms with Gasteiger partial charge in [-0.05, 0) is 58.4 Å². The molecule has 0 fully saturated rings. The first-order valence-electron chi connectivity index (χ1n) is 8.68. The topological polar surface area (TPSA) is 63.1 Å². The molecule has 2 rings (SSSR count). The zero-order chi connectivity index (χ0) is 18.6. The minimum absolute atomic E-state index is 0.0941. The fourth-order valence-corrected chi connectivity index (χ4v) is 3.16. The Hall–Kier alpha value is -2.56. The van der Waals surface area contributed by atoms with E-state index in [9.17, 15) is 9.59 Å². The summed E-state index contributed by atoms with van der Waals surface area (Å²) in [5, 5.41) is 5.73. The minimum Gasteiger partial charge on any atom is -0.352 e. The molecular weight excluding hydrogens is 314 g/mol. The van der Waals surface area contributed by atoms with Crippen molar-refractivity contribution in [3.63, 3.8) is 0 Å². The number of hydrogen-bond donors (Lipinski definition) is 2. The largest absolute Gasteiger partial charge is 0.352 e. The second-order valence-electron chi connectivity index (χ2n) is 6.49. The van der Waals surface area contributed by atoms with Crippen LogP contribution in [0.25, 0.3) is 0 Å². The number of amides is 2. The molecule has 0 atom stereocenters. The predicted octanol–water partition coefficient (Wildman–Crippen LogP) is 3.37. The first-order chi connectivity index (χ1) is 11.8. The summed E-state index contributed by atoms with van der Waals surface area (Å²) in [4.78, 5) is 24.4. The highest BCUT2D eigenvalue weighted by molar-refractivity contribution is 5.96. The number of hydrogen-bond acceptors (Lipinski definition) is 2. The quantitative estimate of drug-likeness (QED) is 0.846. The fraction of sp³-hybridized carbons (Fsp3) is 0.400. The number of nitrogens with zero attached hydrogens (tertiary/aromatic N) is 1. The molecule has 0 radical (unpaired) electrons. The van der Waals surface area contributed by atoms with E-state index in [4.69, 9.17) is 0 Å². The van der Waals surface area contributed by atoms with Crippen molar-refractivity contribution in [3.05, 3.63) is 58.4 Å². The molecule has 0 aliphatic carbocycles. The molecule has 0 saturated carbocycles. The lowest BCUT2D eigenvalue weighted by molar-refractivity contribution is 0.0946. The van der Waals surface area contributed by atoms with Crippen molar-refractivity contribution >= 4 is 11.8 Å². The number of benzene rings is 1. The van der Waals surface area contributed by atoms with Crippen LogP contribution < -0.4 is 10.6 Å². The zero-order valence-electron chi connectivity index (χ0n) is 15.6. The van der Waals surface area contributed by atoms with Crippen molar-refractivity contribution in [2.45, 2.75) is 47.2 Å². The number of nitrogens with one attached hydrogen (secondary N) is 2. The maximum absolute atomic E-state index is 12.5. The van der Waals surface area contributed by atoms with Crippen LogP contribution in [-0.4, -0.2) is 22.9 Å². The lowest BCUT2D eigenvalue weighted by atomic mass is 10.1. The molecule has 134 valence electrons. The molecule has 2 N–H and O–H groups in total. The average Bonchev–Trinajstić information content (AvgIpc) is 2.88. The van der Waals surface area contributed by atoms with Crippen LogP contribution in [0.3, 0.4) is 0 Å². The van der Waals surface area contributed by atoms with Gasteiger partial charge in [-0.2, -0.15) is 0 Å². The highest BCUT2D eigenvalue weighted by atomic mass is 16.2. The summed E-state index contributed by atoms with van der Waals surface area (Å²) < 4.78 is 2.16. The average molecular weight is 341 g/mol. The molecule has 1 aromatic carbocycles. The van der Waals surface area contributed by atoms with Gasteiger partial charge in [-0.25, -0.2) is 0 Å². The fourth-order valence-electron chi connectivity index (χ4n) is 3.16. The normalized spacial score (nSPS) is 10.8. The van der Waals surface area contributed by atoms with E-state index in [2.05, 4.69) is 29.0 Å². The Balaban J connectivity index is 2.09. The van der Waals surface area contributed by atoms with Gasteiger partial charge in [0.2, 0.25) is 0 Å². The number of rotatable bonds is 6. The molecule has 0 aliphatic heterocycles. The van der Waals surface area contributed by atoms with E-state index in [1.165, 1.54) is 0 Å². The standard InChI is InChI=1S/C20H27N3O2/c1-6-21-19(24)17-9-7-8-16(11-17)12-22-20(25)18-10-14(4)23(13(2)3)15(18)5/h7-11,13H,6,12H2,1-5H3,(H,21,24)(H,22,25). The van der Waals surface area contributed by atoms with Crippen LogP contribution in [-0.2, 0) is 6.54 Å². The summed E-state index contributed by atoms with van der Waals surface area (Å²) in [6.45, 7) is 11.1. The molecule has 5 nitrogen and oxygen atoms in total. The number of carbonyl (C=O) groups excluding carboxylic acids is 2. The Morgan fingerprint density at radius 3 is 2.40 bits per heavy atom. The maximum Gasteiger partial charge on any atom is 0.253 e. The van der Waals surface area contributed by atoms with Crippen LogP contribution in [0.15, 0.2) is 30.3 Å². The van der Waals surface area contributed by atoms with Crippen LogP contribution in [0.4, 0.5) is 0 Å². The molecule has 25 heavy (non-hydrogen) atoms. The lowest BCUT2D eigenvalue weighted by Gasteiger charge is -2.13. The Bertz CT molecular complexity index is 775. The second-order valence-corrected chi connectivity index (χ2v) is 6.49. The van der Waals surface area contributed by atoms with Crippen molar-refractivity contribution in [1.82, 2.24) is 15.2 Å². The number of carbonyl (C=O) groups is 2. The van der Waals surface area contributed by atoms with Crippen molar-refractivity contribution in [2.75, 3.05) is 6.54 Å². The smallest absolute Gasteiger partial charge is 0.253 e. The Morgan fingerprint density at radius 2 is 1.80 bits per heavy atom. The summed E-state index contributed by atoms with van der Waals surface area (Å²) in [6, 6.07) is 9.55. The lowest BCUT2D eigenvalue weighted by Crippen LogP contribution is -2.25. The first-order valence-corrected chi connectivity index (χ1v) is 8.68. The number of aryl methyl sites for hydroxylation is 1. The minimum atomic E-state index is -0.101.